The molecule has 1 saturated heterocycles. The van der Waals surface area contributed by atoms with E-state index in [2.05, 4.69) is 22.4 Å². The number of esters is 1. The van der Waals surface area contributed by atoms with Crippen LogP contribution in [0.2, 0.25) is 0 Å². The van der Waals surface area contributed by atoms with Crippen molar-refractivity contribution in [2.24, 2.45) is 5.16 Å². The predicted octanol–water partition coefficient (Wildman–Crippen LogP) is 1.29. The fraction of sp³-hybridized carbons (Fsp3) is 0.522. The van der Waals surface area contributed by atoms with Crippen LogP contribution in [0.1, 0.15) is 51.6 Å². The van der Waals surface area contributed by atoms with Crippen LogP contribution < -0.4 is 11.1 Å². The number of aliphatic carboxylic acids is 1. The maximum Gasteiger partial charge on any atom is 0.352 e. The Morgan fingerprint density at radius 1 is 1.29 bits per heavy atom. The Morgan fingerprint density at radius 3 is 2.68 bits per heavy atom. The number of anilines is 1. The molecule has 3 rings (SSSR count). The average molecular weight is 568 g/mol. The number of thiazole rings is 1. The number of hydrogen-bond acceptors (Lipinski definition) is 12. The molecule has 2 atom stereocenters. The van der Waals surface area contributed by atoms with Gasteiger partial charge in [0.05, 0.1) is 0 Å². The molecule has 13 nitrogen and oxygen atoms in total. The van der Waals surface area contributed by atoms with Crippen LogP contribution >= 0.6 is 23.1 Å². The lowest BCUT2D eigenvalue weighted by Gasteiger charge is -2.49. The van der Waals surface area contributed by atoms with E-state index in [0.717, 1.165) is 41.9 Å². The van der Waals surface area contributed by atoms with Crippen LogP contribution in [0.25, 0.3) is 0 Å². The van der Waals surface area contributed by atoms with Gasteiger partial charge in [-0.2, -0.15) is 0 Å². The SMILES string of the molecule is CCCCCCO/N=C(/C(=O)N[C@@H]1C(=O)N2C(C(=O)O)=C(COC(=O)CC(C)=O)CS[C@H]12)c1csc(N)n1. The molecule has 1 aromatic heterocycles. The van der Waals surface area contributed by atoms with Gasteiger partial charge < -0.3 is 25.7 Å². The van der Waals surface area contributed by atoms with Crippen molar-refractivity contribution in [2.45, 2.75) is 57.4 Å². The van der Waals surface area contributed by atoms with Gasteiger partial charge in [0.2, 0.25) is 0 Å². The summed E-state index contributed by atoms with van der Waals surface area (Å²) in [6.07, 6.45) is 3.40. The molecule has 2 amide bonds. The second kappa shape index (κ2) is 13.4. The minimum absolute atomic E-state index is 0.139. The first-order valence-corrected chi connectivity index (χ1v) is 13.8. The third kappa shape index (κ3) is 7.10. The molecule has 2 aliphatic heterocycles. The summed E-state index contributed by atoms with van der Waals surface area (Å²) in [5.41, 5.74) is 5.66. The summed E-state index contributed by atoms with van der Waals surface area (Å²) in [6.45, 7) is 3.25. The lowest BCUT2D eigenvalue weighted by Crippen LogP contribution is -2.71. The molecule has 38 heavy (non-hydrogen) atoms. The van der Waals surface area contributed by atoms with Gasteiger partial charge in [0.15, 0.2) is 10.8 Å². The van der Waals surface area contributed by atoms with Gasteiger partial charge in [0.25, 0.3) is 11.8 Å². The first-order valence-electron chi connectivity index (χ1n) is 11.9. The van der Waals surface area contributed by atoms with Crippen LogP contribution in [0, 0.1) is 0 Å². The summed E-state index contributed by atoms with van der Waals surface area (Å²) in [5, 5.41) is 17.4. The second-order valence-electron chi connectivity index (χ2n) is 8.56. The van der Waals surface area contributed by atoms with Crippen molar-refractivity contribution in [1.82, 2.24) is 15.2 Å². The number of ketones is 1. The molecule has 0 aromatic carbocycles. The minimum Gasteiger partial charge on any atom is -0.477 e. The first kappa shape index (κ1) is 29.1. The molecule has 2 aliphatic rings. The first-order chi connectivity index (χ1) is 18.1. The number of carbonyl (C=O) groups is 5. The summed E-state index contributed by atoms with van der Waals surface area (Å²) in [7, 11) is 0. The summed E-state index contributed by atoms with van der Waals surface area (Å²) >= 11 is 2.32. The van der Waals surface area contributed by atoms with Crippen molar-refractivity contribution >= 4 is 63.5 Å². The van der Waals surface area contributed by atoms with E-state index in [1.807, 2.05) is 0 Å². The number of hydrogen-bond donors (Lipinski definition) is 3. The van der Waals surface area contributed by atoms with Gasteiger partial charge in [-0.25, -0.2) is 9.78 Å². The zero-order chi connectivity index (χ0) is 27.8. The van der Waals surface area contributed by atoms with E-state index in [4.69, 9.17) is 15.3 Å². The lowest BCUT2D eigenvalue weighted by atomic mass is 10.0. The Labute approximate surface area is 226 Å². The molecule has 0 saturated carbocycles. The number of aromatic nitrogens is 1. The van der Waals surface area contributed by atoms with Crippen LogP contribution in [0.3, 0.4) is 0 Å². The summed E-state index contributed by atoms with van der Waals surface area (Å²) < 4.78 is 5.01. The number of rotatable bonds is 14. The maximum atomic E-state index is 13.1. The quantitative estimate of drug-likeness (QED) is 0.0733. The Kier molecular flexibility index (Phi) is 10.2. The third-order valence-electron chi connectivity index (χ3n) is 5.56. The van der Waals surface area contributed by atoms with Gasteiger partial charge in [-0.3, -0.25) is 24.1 Å². The lowest BCUT2D eigenvalue weighted by molar-refractivity contribution is -0.150. The van der Waals surface area contributed by atoms with Gasteiger partial charge in [-0.05, 0) is 19.8 Å². The molecule has 3 heterocycles. The Balaban J connectivity index is 1.70. The number of carbonyl (C=O) groups excluding carboxylic acids is 4. The van der Waals surface area contributed by atoms with Crippen LogP contribution in [0.4, 0.5) is 5.13 Å². The maximum absolute atomic E-state index is 13.1. The molecule has 0 unspecified atom stereocenters. The molecule has 4 N–H and O–H groups in total. The van der Waals surface area contributed by atoms with Crippen molar-refractivity contribution in [1.29, 1.82) is 0 Å². The fourth-order valence-electron chi connectivity index (χ4n) is 3.73. The van der Waals surface area contributed by atoms with Crippen molar-refractivity contribution < 1.29 is 38.7 Å². The highest BCUT2D eigenvalue weighted by Gasteiger charge is 2.54. The number of amides is 2. The number of fused-ring (bicyclic) bond motifs is 1. The number of thioether (sulfide) groups is 1. The van der Waals surface area contributed by atoms with Crippen LogP contribution in [-0.2, 0) is 33.5 Å². The molecular weight excluding hydrogens is 538 g/mol. The third-order valence-corrected chi connectivity index (χ3v) is 7.58. The number of nitrogens with one attached hydrogen (secondary N) is 1. The standard InChI is InChI=1S/C23H29N5O8S2/c1-3-4-5-6-7-36-27-16(14-11-38-23(24)25-14)19(31)26-17-20(32)28-18(22(33)34)13(10-37-21(17)28)9-35-15(30)8-12(2)29/h11,17,21H,3-10H2,1-2H3,(H2,24,25)(H,26,31)(H,33,34)/b27-16+/t17-,21-/m1/s1. The van der Waals surface area contributed by atoms with Crippen LogP contribution in [-0.4, -0.2) is 80.6 Å². The van der Waals surface area contributed by atoms with Gasteiger partial charge >= 0.3 is 11.9 Å². The number of carboxylic acid groups (broad SMARTS) is 1. The topological polar surface area (TPSA) is 191 Å². The van der Waals surface area contributed by atoms with E-state index in [-0.39, 0.29) is 46.0 Å². The molecule has 1 fully saturated rings. The average Bonchev–Trinajstić information content (AvgIpc) is 3.29. The van der Waals surface area contributed by atoms with Gasteiger partial charge in [0.1, 0.15) is 48.2 Å². The Morgan fingerprint density at radius 2 is 2.05 bits per heavy atom. The molecule has 0 spiro atoms. The number of β-lactam (4-membered cyclic amide) rings is 1. The monoisotopic (exact) mass is 567 g/mol. The largest absolute Gasteiger partial charge is 0.477 e. The number of Topliss-reactive ketones (excluding diaryl/α,β-unsaturated/α-hetero) is 1. The number of nitrogen functional groups attached to an aromatic ring is 1. The highest BCUT2D eigenvalue weighted by Crippen LogP contribution is 2.40. The molecular formula is C23H29N5O8S2. The van der Waals surface area contributed by atoms with E-state index in [0.29, 0.717) is 6.61 Å². The molecule has 0 aliphatic carbocycles. The molecule has 0 bridgehead atoms. The summed E-state index contributed by atoms with van der Waals surface area (Å²) in [5.74, 6) is -3.76. The van der Waals surface area contributed by atoms with Crippen molar-refractivity contribution in [3.63, 3.8) is 0 Å². The highest BCUT2D eigenvalue weighted by molar-refractivity contribution is 8.00. The fourth-order valence-corrected chi connectivity index (χ4v) is 5.61. The van der Waals surface area contributed by atoms with Gasteiger partial charge in [-0.15, -0.1) is 23.1 Å². The molecule has 206 valence electrons. The number of oxime groups is 1. The van der Waals surface area contributed by atoms with Gasteiger partial charge in [-0.1, -0.05) is 24.9 Å². The van der Waals surface area contributed by atoms with E-state index in [9.17, 15) is 29.1 Å². The number of ether oxygens (including phenoxy) is 1. The number of carboxylic acids is 1. The zero-order valence-electron chi connectivity index (χ0n) is 20.9. The van der Waals surface area contributed by atoms with E-state index < -0.39 is 41.6 Å². The van der Waals surface area contributed by atoms with Gasteiger partial charge in [0, 0.05) is 16.7 Å². The molecule has 15 heteroatoms. The summed E-state index contributed by atoms with van der Waals surface area (Å²) in [4.78, 5) is 71.3. The number of unbranched alkanes of at least 4 members (excludes halogenated alkanes) is 3. The van der Waals surface area contributed by atoms with Crippen LogP contribution in [0.15, 0.2) is 21.8 Å². The van der Waals surface area contributed by atoms with Crippen molar-refractivity contribution in [3.8, 4) is 0 Å². The molecule has 0 radical (unpaired) electrons. The Bertz CT molecular complexity index is 1160. The van der Waals surface area contributed by atoms with E-state index in [1.54, 1.807) is 5.38 Å². The normalized spacial score (nSPS) is 18.9. The molecule has 1 aromatic rings. The smallest absolute Gasteiger partial charge is 0.352 e. The van der Waals surface area contributed by atoms with Crippen molar-refractivity contribution in [2.75, 3.05) is 24.7 Å². The highest BCUT2D eigenvalue weighted by atomic mass is 32.2. The second-order valence-corrected chi connectivity index (χ2v) is 10.6. The summed E-state index contributed by atoms with van der Waals surface area (Å²) in [6, 6.07) is -1.02. The Hall–Kier alpha value is -3.46. The number of nitrogens with two attached hydrogens (primary N) is 1. The minimum atomic E-state index is -1.37. The van der Waals surface area contributed by atoms with E-state index in [1.165, 1.54) is 18.7 Å². The zero-order valence-corrected chi connectivity index (χ0v) is 22.6. The predicted molar refractivity (Wildman–Crippen MR) is 139 cm³/mol. The van der Waals surface area contributed by atoms with Crippen molar-refractivity contribution in [3.05, 3.63) is 22.3 Å². The van der Waals surface area contributed by atoms with E-state index >= 15 is 0 Å². The number of nitrogens with zero attached hydrogens (tertiary/aromatic N) is 3. The van der Waals surface area contributed by atoms with Crippen LogP contribution in [0.5, 0.6) is 0 Å².